The lowest BCUT2D eigenvalue weighted by Gasteiger charge is -2.04. The maximum atomic E-state index is 11.9. The van der Waals surface area contributed by atoms with Crippen molar-refractivity contribution in [2.24, 2.45) is 0 Å². The van der Waals surface area contributed by atoms with Crippen LogP contribution in [-0.2, 0) is 0 Å². The molecule has 0 aromatic carbocycles. The molecular formula is C8H7F3N4. The number of hydrogen-bond donors (Lipinski definition) is 1. The van der Waals surface area contributed by atoms with Crippen LogP contribution in [-0.4, -0.2) is 27.3 Å². The van der Waals surface area contributed by atoms with Gasteiger partial charge in [0.25, 0.3) is 0 Å². The van der Waals surface area contributed by atoms with Gasteiger partial charge in [0.1, 0.15) is 6.54 Å². The minimum absolute atomic E-state index is 0.0291. The number of hydrogen-bond acceptors (Lipinski definition) is 3. The molecule has 0 fully saturated rings. The first-order valence-electron chi connectivity index (χ1n) is 4.17. The number of rotatable bonds is 2. The zero-order chi connectivity index (χ0) is 10.9. The molecule has 0 aliphatic rings. The molecule has 2 rings (SSSR count). The van der Waals surface area contributed by atoms with E-state index < -0.39 is 12.7 Å². The highest BCUT2D eigenvalue weighted by Crippen LogP contribution is 2.15. The number of alkyl halides is 3. The summed E-state index contributed by atoms with van der Waals surface area (Å²) in [7, 11) is 0. The van der Waals surface area contributed by atoms with Crippen LogP contribution < -0.4 is 5.32 Å². The topological polar surface area (TPSA) is 42.2 Å². The van der Waals surface area contributed by atoms with Crippen LogP contribution in [0.3, 0.4) is 0 Å². The second kappa shape index (κ2) is 3.41. The summed E-state index contributed by atoms with van der Waals surface area (Å²) in [6.07, 6.45) is -2.65. The van der Waals surface area contributed by atoms with Gasteiger partial charge in [-0.25, -0.2) is 4.52 Å². The first-order chi connectivity index (χ1) is 7.04. The average Bonchev–Trinajstić information content (AvgIpc) is 2.56. The quantitative estimate of drug-likeness (QED) is 0.830. The number of nitrogens with one attached hydrogen (secondary N) is 1. The summed E-state index contributed by atoms with van der Waals surface area (Å²) in [5.41, 5.74) is 0.502. The lowest BCUT2D eigenvalue weighted by molar-refractivity contribution is -0.115. The molecule has 0 aliphatic heterocycles. The van der Waals surface area contributed by atoms with Crippen molar-refractivity contribution in [1.29, 1.82) is 0 Å². The van der Waals surface area contributed by atoms with E-state index in [0.717, 1.165) is 0 Å². The van der Waals surface area contributed by atoms with Crippen molar-refractivity contribution in [2.75, 3.05) is 11.9 Å². The molecule has 15 heavy (non-hydrogen) atoms. The molecule has 0 radical (unpaired) electrons. The highest BCUT2D eigenvalue weighted by atomic mass is 19.4. The third kappa shape index (κ3) is 2.36. The highest BCUT2D eigenvalue weighted by Gasteiger charge is 2.27. The number of pyridine rings is 1. The van der Waals surface area contributed by atoms with Crippen molar-refractivity contribution >= 4 is 11.6 Å². The second-order valence-corrected chi connectivity index (χ2v) is 2.91. The Morgan fingerprint density at radius 2 is 2.13 bits per heavy atom. The van der Waals surface area contributed by atoms with Crippen LogP contribution in [0.25, 0.3) is 5.65 Å². The number of anilines is 1. The Morgan fingerprint density at radius 1 is 1.33 bits per heavy atom. The van der Waals surface area contributed by atoms with Gasteiger partial charge in [0.2, 0.25) is 5.95 Å². The van der Waals surface area contributed by atoms with Gasteiger partial charge in [-0.2, -0.15) is 18.2 Å². The van der Waals surface area contributed by atoms with Gasteiger partial charge < -0.3 is 5.32 Å². The molecule has 0 aliphatic carbocycles. The van der Waals surface area contributed by atoms with Gasteiger partial charge in [-0.1, -0.05) is 6.07 Å². The van der Waals surface area contributed by atoms with Crippen molar-refractivity contribution in [2.45, 2.75) is 6.18 Å². The summed E-state index contributed by atoms with van der Waals surface area (Å²) in [5.74, 6) is -0.0291. The molecule has 0 saturated heterocycles. The number of nitrogens with zero attached hydrogens (tertiary/aromatic N) is 3. The summed E-state index contributed by atoms with van der Waals surface area (Å²) in [6.45, 7) is -1.14. The summed E-state index contributed by atoms with van der Waals surface area (Å²) in [5, 5.41) is 5.92. The first kappa shape index (κ1) is 9.75. The molecule has 0 spiro atoms. The molecule has 2 aromatic heterocycles. The molecule has 0 saturated carbocycles. The van der Waals surface area contributed by atoms with E-state index in [1.54, 1.807) is 24.4 Å². The van der Waals surface area contributed by atoms with Crippen LogP contribution in [0.4, 0.5) is 19.1 Å². The Bertz CT molecular complexity index is 429. The predicted octanol–water partition coefficient (Wildman–Crippen LogP) is 1.70. The van der Waals surface area contributed by atoms with Gasteiger partial charge in [-0.3, -0.25) is 0 Å². The van der Waals surface area contributed by atoms with E-state index in [2.05, 4.69) is 15.4 Å². The van der Waals surface area contributed by atoms with Crippen molar-refractivity contribution in [3.05, 3.63) is 24.4 Å². The van der Waals surface area contributed by atoms with Crippen LogP contribution in [0.2, 0.25) is 0 Å². The van der Waals surface area contributed by atoms with Gasteiger partial charge in [-0.05, 0) is 12.1 Å². The van der Waals surface area contributed by atoms with Crippen LogP contribution in [0.5, 0.6) is 0 Å². The normalized spacial score (nSPS) is 11.9. The standard InChI is InChI=1S/C8H7F3N4/c9-8(10,11)5-12-7-13-6-3-1-2-4-15(6)14-7/h1-4H,5H2,(H,12,14). The summed E-state index contributed by atoms with van der Waals surface area (Å²) in [4.78, 5) is 3.86. The predicted molar refractivity (Wildman–Crippen MR) is 47.5 cm³/mol. The third-order valence-electron chi connectivity index (χ3n) is 1.69. The molecule has 7 heteroatoms. The van der Waals surface area contributed by atoms with E-state index in [-0.39, 0.29) is 5.95 Å². The Morgan fingerprint density at radius 3 is 2.80 bits per heavy atom. The molecule has 2 aromatic rings. The number of aromatic nitrogens is 3. The molecule has 1 N–H and O–H groups in total. The van der Waals surface area contributed by atoms with Gasteiger partial charge in [0.05, 0.1) is 0 Å². The zero-order valence-corrected chi connectivity index (χ0v) is 7.49. The molecule has 0 bridgehead atoms. The Hall–Kier alpha value is -1.79. The summed E-state index contributed by atoms with van der Waals surface area (Å²) in [6, 6.07) is 5.11. The summed E-state index contributed by atoms with van der Waals surface area (Å²) >= 11 is 0. The third-order valence-corrected chi connectivity index (χ3v) is 1.69. The number of fused-ring (bicyclic) bond motifs is 1. The molecular weight excluding hydrogens is 209 g/mol. The Kier molecular flexibility index (Phi) is 2.22. The largest absolute Gasteiger partial charge is 0.405 e. The van der Waals surface area contributed by atoms with Crippen molar-refractivity contribution in [3.63, 3.8) is 0 Å². The van der Waals surface area contributed by atoms with Crippen molar-refractivity contribution < 1.29 is 13.2 Å². The van der Waals surface area contributed by atoms with Gasteiger partial charge >= 0.3 is 6.18 Å². The molecule has 80 valence electrons. The lowest BCUT2D eigenvalue weighted by Crippen LogP contribution is -2.21. The molecule has 4 nitrogen and oxygen atoms in total. The smallest absolute Gasteiger partial charge is 0.344 e. The minimum Gasteiger partial charge on any atom is -0.344 e. The minimum atomic E-state index is -4.27. The molecule has 0 atom stereocenters. The van der Waals surface area contributed by atoms with E-state index in [9.17, 15) is 13.2 Å². The highest BCUT2D eigenvalue weighted by molar-refractivity contribution is 5.42. The number of halogens is 3. The first-order valence-corrected chi connectivity index (χ1v) is 4.17. The van der Waals surface area contributed by atoms with Gasteiger partial charge in [0.15, 0.2) is 5.65 Å². The zero-order valence-electron chi connectivity index (χ0n) is 7.49. The summed E-state index contributed by atoms with van der Waals surface area (Å²) < 4.78 is 37.0. The average molecular weight is 216 g/mol. The second-order valence-electron chi connectivity index (χ2n) is 2.91. The van der Waals surface area contributed by atoms with Gasteiger partial charge in [-0.15, -0.1) is 5.10 Å². The van der Waals surface area contributed by atoms with Crippen molar-refractivity contribution in [1.82, 2.24) is 14.6 Å². The fourth-order valence-corrected chi connectivity index (χ4v) is 1.09. The fraction of sp³-hybridized carbons (Fsp3) is 0.250. The van der Waals surface area contributed by atoms with Crippen LogP contribution >= 0.6 is 0 Å². The van der Waals surface area contributed by atoms with Crippen molar-refractivity contribution in [3.8, 4) is 0 Å². The lowest BCUT2D eigenvalue weighted by atomic mass is 10.5. The fourth-order valence-electron chi connectivity index (χ4n) is 1.09. The van der Waals surface area contributed by atoms with E-state index in [0.29, 0.717) is 5.65 Å². The maximum Gasteiger partial charge on any atom is 0.405 e. The van der Waals surface area contributed by atoms with Crippen LogP contribution in [0.1, 0.15) is 0 Å². The Labute approximate surface area is 82.7 Å². The van der Waals surface area contributed by atoms with E-state index in [1.165, 1.54) is 4.52 Å². The monoisotopic (exact) mass is 216 g/mol. The van der Waals surface area contributed by atoms with Crippen LogP contribution in [0.15, 0.2) is 24.4 Å². The van der Waals surface area contributed by atoms with Gasteiger partial charge in [0, 0.05) is 6.20 Å². The van der Waals surface area contributed by atoms with E-state index in [1.807, 2.05) is 0 Å². The molecule has 2 heterocycles. The molecule has 0 unspecified atom stereocenters. The Balaban J connectivity index is 2.16. The van der Waals surface area contributed by atoms with E-state index >= 15 is 0 Å². The SMILES string of the molecule is FC(F)(F)CNc1nc2ccccn2n1. The van der Waals surface area contributed by atoms with Crippen LogP contribution in [0, 0.1) is 0 Å². The molecule has 0 amide bonds. The maximum absolute atomic E-state index is 11.9. The van der Waals surface area contributed by atoms with E-state index in [4.69, 9.17) is 0 Å².